The molecule has 78 valence electrons. The quantitative estimate of drug-likeness (QED) is 0.709. The molecule has 0 aliphatic carbocycles. The van der Waals surface area contributed by atoms with Gasteiger partial charge in [0.05, 0.1) is 6.61 Å². The third-order valence-corrected chi connectivity index (χ3v) is 3.72. The molecule has 13 heavy (non-hydrogen) atoms. The minimum absolute atomic E-state index is 0.576. The number of nitrogens with zero attached hydrogens (tertiary/aromatic N) is 1. The van der Waals surface area contributed by atoms with Crippen molar-refractivity contribution in [2.45, 2.75) is 25.8 Å². The number of hydrogen-bond donors (Lipinski definition) is 0. The van der Waals surface area contributed by atoms with Gasteiger partial charge in [-0.1, -0.05) is 15.9 Å². The Morgan fingerprint density at radius 1 is 1.62 bits per heavy atom. The Balaban J connectivity index is 2.32. The van der Waals surface area contributed by atoms with Gasteiger partial charge in [-0.05, 0) is 32.2 Å². The highest BCUT2D eigenvalue weighted by Gasteiger charge is 2.22. The van der Waals surface area contributed by atoms with Gasteiger partial charge in [-0.3, -0.25) is 4.90 Å². The molecule has 3 heteroatoms. The number of piperidine rings is 1. The fraction of sp³-hybridized carbons (Fsp3) is 1.00. The van der Waals surface area contributed by atoms with Gasteiger partial charge in [0.25, 0.3) is 0 Å². The van der Waals surface area contributed by atoms with Crippen molar-refractivity contribution in [1.82, 2.24) is 4.90 Å². The molecule has 0 aromatic heterocycles. The van der Waals surface area contributed by atoms with Gasteiger partial charge in [0, 0.05) is 25.0 Å². The van der Waals surface area contributed by atoms with E-state index in [-0.39, 0.29) is 0 Å². The minimum atomic E-state index is 0.576. The smallest absolute Gasteiger partial charge is 0.0615 e. The number of rotatable bonds is 4. The summed E-state index contributed by atoms with van der Waals surface area (Å²) < 4.78 is 5.17. The summed E-state index contributed by atoms with van der Waals surface area (Å²) in [4.78, 5) is 2.54. The predicted octanol–water partition coefficient (Wildman–Crippen LogP) is 2.13. The number of halogens is 1. The van der Waals surface area contributed by atoms with Crippen LogP contribution >= 0.6 is 15.9 Å². The van der Waals surface area contributed by atoms with Gasteiger partial charge in [0.1, 0.15) is 0 Å². The van der Waals surface area contributed by atoms with Crippen LogP contribution in [-0.4, -0.2) is 43.1 Å². The van der Waals surface area contributed by atoms with E-state index in [4.69, 9.17) is 4.74 Å². The molecule has 1 fully saturated rings. The van der Waals surface area contributed by atoms with E-state index in [1.807, 2.05) is 0 Å². The van der Waals surface area contributed by atoms with Crippen LogP contribution in [0.25, 0.3) is 0 Å². The third kappa shape index (κ3) is 3.56. The topological polar surface area (TPSA) is 12.5 Å². The molecule has 1 saturated heterocycles. The van der Waals surface area contributed by atoms with Crippen molar-refractivity contribution in [3.63, 3.8) is 0 Å². The van der Waals surface area contributed by atoms with E-state index in [9.17, 15) is 0 Å². The highest BCUT2D eigenvalue weighted by molar-refractivity contribution is 9.09. The maximum absolute atomic E-state index is 5.17. The summed E-state index contributed by atoms with van der Waals surface area (Å²) in [5, 5.41) is 1.14. The fourth-order valence-electron chi connectivity index (χ4n) is 1.97. The molecule has 0 spiro atoms. The predicted molar refractivity (Wildman–Crippen MR) is 59.4 cm³/mol. The Hall–Kier alpha value is 0.400. The van der Waals surface area contributed by atoms with Crippen molar-refractivity contribution < 1.29 is 4.74 Å². The Kier molecular flexibility index (Phi) is 5.29. The molecule has 2 atom stereocenters. The first-order valence-electron chi connectivity index (χ1n) is 5.07. The summed E-state index contributed by atoms with van der Waals surface area (Å²) in [5.74, 6) is 0.841. The van der Waals surface area contributed by atoms with Crippen LogP contribution in [0.2, 0.25) is 0 Å². The summed E-state index contributed by atoms with van der Waals surface area (Å²) >= 11 is 3.57. The summed E-state index contributed by atoms with van der Waals surface area (Å²) in [5.41, 5.74) is 0. The molecule has 0 aromatic rings. The van der Waals surface area contributed by atoms with Crippen LogP contribution in [0, 0.1) is 5.92 Å². The molecular weight excluding hydrogens is 230 g/mol. The van der Waals surface area contributed by atoms with Crippen molar-refractivity contribution in [2.24, 2.45) is 5.92 Å². The summed E-state index contributed by atoms with van der Waals surface area (Å²) in [6.45, 7) is 5.58. The Morgan fingerprint density at radius 2 is 2.38 bits per heavy atom. The second-order valence-corrected chi connectivity index (χ2v) is 4.61. The van der Waals surface area contributed by atoms with Gasteiger partial charge in [0.15, 0.2) is 0 Å². The standard InChI is InChI=1S/C10H20BrNO/c1-9(8-13-2)12-5-3-4-10(6-11)7-12/h9-10H,3-8H2,1-2H3. The number of likely N-dealkylation sites (tertiary alicyclic amines) is 1. The van der Waals surface area contributed by atoms with E-state index >= 15 is 0 Å². The lowest BCUT2D eigenvalue weighted by Crippen LogP contribution is -2.43. The highest BCUT2D eigenvalue weighted by Crippen LogP contribution is 2.19. The minimum Gasteiger partial charge on any atom is -0.383 e. The fourth-order valence-corrected chi connectivity index (χ4v) is 2.50. The molecule has 1 heterocycles. The SMILES string of the molecule is COCC(C)N1CCCC(CBr)C1. The van der Waals surface area contributed by atoms with Crippen LogP contribution in [0.3, 0.4) is 0 Å². The normalized spacial score (nSPS) is 27.5. The molecule has 0 amide bonds. The van der Waals surface area contributed by atoms with E-state index in [1.165, 1.54) is 25.9 Å². The van der Waals surface area contributed by atoms with Crippen LogP contribution in [0.5, 0.6) is 0 Å². The first kappa shape index (κ1) is 11.5. The maximum Gasteiger partial charge on any atom is 0.0615 e. The second kappa shape index (κ2) is 5.99. The van der Waals surface area contributed by atoms with E-state index in [0.29, 0.717) is 6.04 Å². The summed E-state index contributed by atoms with van der Waals surface area (Å²) in [6.07, 6.45) is 2.71. The molecule has 1 aliphatic rings. The highest BCUT2D eigenvalue weighted by atomic mass is 79.9. The lowest BCUT2D eigenvalue weighted by atomic mass is 9.99. The average Bonchev–Trinajstić information content (AvgIpc) is 2.18. The molecule has 1 rings (SSSR count). The van der Waals surface area contributed by atoms with Crippen molar-refractivity contribution in [1.29, 1.82) is 0 Å². The molecule has 2 nitrogen and oxygen atoms in total. The molecule has 0 N–H and O–H groups in total. The van der Waals surface area contributed by atoms with Gasteiger partial charge in [-0.25, -0.2) is 0 Å². The van der Waals surface area contributed by atoms with Gasteiger partial charge in [-0.2, -0.15) is 0 Å². The number of alkyl halides is 1. The molecule has 2 unspecified atom stereocenters. The first-order chi connectivity index (χ1) is 6.27. The lowest BCUT2D eigenvalue weighted by molar-refractivity contribution is 0.0724. The van der Waals surface area contributed by atoms with E-state index < -0.39 is 0 Å². The van der Waals surface area contributed by atoms with Crippen LogP contribution in [0.15, 0.2) is 0 Å². The van der Waals surface area contributed by atoms with E-state index in [2.05, 4.69) is 27.8 Å². The molecule has 1 aliphatic heterocycles. The van der Waals surface area contributed by atoms with E-state index in [0.717, 1.165) is 17.9 Å². The first-order valence-corrected chi connectivity index (χ1v) is 6.19. The zero-order chi connectivity index (χ0) is 9.68. The van der Waals surface area contributed by atoms with Crippen molar-refractivity contribution in [2.75, 3.05) is 32.1 Å². The Bertz CT molecular complexity index is 143. The summed E-state index contributed by atoms with van der Waals surface area (Å²) in [7, 11) is 1.78. The van der Waals surface area contributed by atoms with Crippen LogP contribution in [0.4, 0.5) is 0 Å². The van der Waals surface area contributed by atoms with Crippen molar-refractivity contribution >= 4 is 15.9 Å². The zero-order valence-corrected chi connectivity index (χ0v) is 10.2. The molecule has 0 saturated carbocycles. The molecule has 0 aromatic carbocycles. The van der Waals surface area contributed by atoms with E-state index in [1.54, 1.807) is 7.11 Å². The van der Waals surface area contributed by atoms with Crippen LogP contribution in [-0.2, 0) is 4.74 Å². The number of methoxy groups -OCH3 is 1. The van der Waals surface area contributed by atoms with Gasteiger partial charge in [-0.15, -0.1) is 0 Å². The van der Waals surface area contributed by atoms with Crippen molar-refractivity contribution in [3.8, 4) is 0 Å². The monoisotopic (exact) mass is 249 g/mol. The Morgan fingerprint density at radius 3 is 3.00 bits per heavy atom. The number of ether oxygens (including phenoxy) is 1. The molecule has 0 radical (unpaired) electrons. The largest absolute Gasteiger partial charge is 0.383 e. The maximum atomic E-state index is 5.17. The summed E-state index contributed by atoms with van der Waals surface area (Å²) in [6, 6.07) is 0.576. The Labute approximate surface area is 89.8 Å². The second-order valence-electron chi connectivity index (χ2n) is 3.96. The van der Waals surface area contributed by atoms with Gasteiger partial charge < -0.3 is 4.74 Å². The number of hydrogen-bond acceptors (Lipinski definition) is 2. The third-order valence-electron chi connectivity index (χ3n) is 2.80. The molecular formula is C10H20BrNO. The molecule has 0 bridgehead atoms. The van der Waals surface area contributed by atoms with Crippen molar-refractivity contribution in [3.05, 3.63) is 0 Å². The average molecular weight is 250 g/mol. The van der Waals surface area contributed by atoms with Gasteiger partial charge in [0.2, 0.25) is 0 Å². The lowest BCUT2D eigenvalue weighted by Gasteiger charge is -2.35. The van der Waals surface area contributed by atoms with Crippen LogP contribution in [0.1, 0.15) is 19.8 Å². The van der Waals surface area contributed by atoms with Crippen LogP contribution < -0.4 is 0 Å². The van der Waals surface area contributed by atoms with Gasteiger partial charge >= 0.3 is 0 Å². The zero-order valence-electron chi connectivity index (χ0n) is 8.63.